The zero-order valence-corrected chi connectivity index (χ0v) is 21.7. The lowest BCUT2D eigenvalue weighted by Gasteiger charge is -2.27. The molecule has 3 unspecified atom stereocenters. The summed E-state index contributed by atoms with van der Waals surface area (Å²) in [6.07, 6.45) is 8.32. The van der Waals surface area contributed by atoms with Crippen molar-refractivity contribution in [2.75, 3.05) is 14.2 Å². The van der Waals surface area contributed by atoms with Gasteiger partial charge in [0.1, 0.15) is 24.3 Å². The van der Waals surface area contributed by atoms with Crippen LogP contribution in [0.4, 0.5) is 8.78 Å². The summed E-state index contributed by atoms with van der Waals surface area (Å²) in [5.74, 6) is -0.763. The highest BCUT2D eigenvalue weighted by molar-refractivity contribution is 5.80. The second-order valence-electron chi connectivity index (χ2n) is 9.25. The molecule has 6 nitrogen and oxygen atoms in total. The first-order chi connectivity index (χ1) is 18.9. The highest BCUT2D eigenvalue weighted by Gasteiger charge is 2.27. The smallest absolute Gasteiger partial charge is 0.248 e. The summed E-state index contributed by atoms with van der Waals surface area (Å²) >= 11 is 0. The maximum atomic E-state index is 15.3. The van der Waals surface area contributed by atoms with Crippen molar-refractivity contribution in [1.29, 1.82) is 5.26 Å². The molecule has 1 aliphatic rings. The lowest BCUT2D eigenvalue weighted by Crippen LogP contribution is -2.36. The van der Waals surface area contributed by atoms with Crippen molar-refractivity contribution >= 4 is 5.91 Å². The lowest BCUT2D eigenvalue weighted by molar-refractivity contribution is -0.131. The standard InChI is InChI=1S/C31H29F2N3O3/c1-35-31(37)29(38-2)17-22-7-4-3-6-21(22)15-23-12-13-24(16-27(23)33)28-8-5-9-30(36-28)39-19-25-11-10-20(18-34)14-26(25)32/h3-14,16,21-22,29H,15,17,19H2,1-2H3,(H,35,37). The summed E-state index contributed by atoms with van der Waals surface area (Å²) in [5, 5.41) is 11.5. The third-order valence-corrected chi connectivity index (χ3v) is 6.77. The van der Waals surface area contributed by atoms with Crippen LogP contribution in [0.1, 0.15) is 23.1 Å². The normalized spacial score (nSPS) is 16.9. The molecule has 0 radical (unpaired) electrons. The van der Waals surface area contributed by atoms with Crippen molar-refractivity contribution in [3.05, 3.63) is 107 Å². The Balaban J connectivity index is 1.45. The van der Waals surface area contributed by atoms with Crippen LogP contribution in [-0.4, -0.2) is 31.2 Å². The number of hydrogen-bond donors (Lipinski definition) is 1. The van der Waals surface area contributed by atoms with Crippen molar-refractivity contribution < 1.29 is 23.0 Å². The first-order valence-electron chi connectivity index (χ1n) is 12.6. The number of carbonyl (C=O) groups is 1. The van der Waals surface area contributed by atoms with Gasteiger partial charge < -0.3 is 14.8 Å². The Bertz CT molecular complexity index is 1430. The predicted octanol–water partition coefficient (Wildman–Crippen LogP) is 5.53. The van der Waals surface area contributed by atoms with Gasteiger partial charge in [0.05, 0.1) is 17.3 Å². The molecule has 0 saturated carbocycles. The molecule has 39 heavy (non-hydrogen) atoms. The summed E-state index contributed by atoms with van der Waals surface area (Å²) < 4.78 is 40.4. The van der Waals surface area contributed by atoms with Gasteiger partial charge in [-0.15, -0.1) is 0 Å². The maximum Gasteiger partial charge on any atom is 0.248 e. The molecule has 1 heterocycles. The van der Waals surface area contributed by atoms with Crippen LogP contribution in [-0.2, 0) is 22.6 Å². The Hall–Kier alpha value is -4.35. The van der Waals surface area contributed by atoms with Gasteiger partial charge in [-0.1, -0.05) is 48.6 Å². The Kier molecular flexibility index (Phi) is 9.18. The average molecular weight is 530 g/mol. The zero-order valence-electron chi connectivity index (χ0n) is 21.7. The maximum absolute atomic E-state index is 15.3. The molecule has 3 aromatic rings. The minimum Gasteiger partial charge on any atom is -0.473 e. The molecule has 1 N–H and O–H groups in total. The molecular formula is C31H29F2N3O3. The molecule has 8 heteroatoms. The number of nitrogens with one attached hydrogen (secondary N) is 1. The van der Waals surface area contributed by atoms with Crippen LogP contribution in [0.25, 0.3) is 11.3 Å². The summed E-state index contributed by atoms with van der Waals surface area (Å²) in [5.41, 5.74) is 2.20. The van der Waals surface area contributed by atoms with Gasteiger partial charge in [-0.05, 0) is 54.5 Å². The van der Waals surface area contributed by atoms with E-state index in [-0.39, 0.29) is 41.6 Å². The second kappa shape index (κ2) is 12.9. The van der Waals surface area contributed by atoms with E-state index in [1.165, 1.54) is 25.3 Å². The summed E-state index contributed by atoms with van der Waals surface area (Å²) in [6, 6.07) is 16.2. The van der Waals surface area contributed by atoms with Gasteiger partial charge in [0.2, 0.25) is 11.8 Å². The number of nitrogens with zero attached hydrogens (tertiary/aromatic N) is 2. The quantitative estimate of drug-likeness (QED) is 0.373. The van der Waals surface area contributed by atoms with Gasteiger partial charge in [-0.25, -0.2) is 13.8 Å². The largest absolute Gasteiger partial charge is 0.473 e. The predicted molar refractivity (Wildman–Crippen MR) is 144 cm³/mol. The highest BCUT2D eigenvalue weighted by Crippen LogP contribution is 2.31. The number of hydrogen-bond acceptors (Lipinski definition) is 5. The summed E-state index contributed by atoms with van der Waals surface area (Å²) in [6.45, 7) is -0.0599. The molecule has 4 rings (SSSR count). The van der Waals surface area contributed by atoms with E-state index in [9.17, 15) is 9.18 Å². The third-order valence-electron chi connectivity index (χ3n) is 6.77. The highest BCUT2D eigenvalue weighted by atomic mass is 19.1. The molecule has 0 bridgehead atoms. The van der Waals surface area contributed by atoms with E-state index >= 15 is 4.39 Å². The number of pyridine rings is 1. The number of ether oxygens (including phenoxy) is 2. The zero-order chi connectivity index (χ0) is 27.8. The Morgan fingerprint density at radius 1 is 1.05 bits per heavy atom. The Labute approximate surface area is 226 Å². The van der Waals surface area contributed by atoms with E-state index in [0.29, 0.717) is 35.2 Å². The van der Waals surface area contributed by atoms with Gasteiger partial charge in [-0.2, -0.15) is 5.26 Å². The third kappa shape index (κ3) is 6.95. The van der Waals surface area contributed by atoms with Crippen molar-refractivity contribution in [1.82, 2.24) is 10.3 Å². The fourth-order valence-electron chi connectivity index (χ4n) is 4.56. The lowest BCUT2D eigenvalue weighted by atomic mass is 9.80. The minimum absolute atomic E-state index is 0.00938. The van der Waals surface area contributed by atoms with E-state index in [1.54, 1.807) is 31.3 Å². The fourth-order valence-corrected chi connectivity index (χ4v) is 4.56. The molecule has 2 aromatic carbocycles. The van der Waals surface area contributed by atoms with Crippen LogP contribution in [0, 0.1) is 34.8 Å². The van der Waals surface area contributed by atoms with Crippen molar-refractivity contribution in [3.8, 4) is 23.2 Å². The van der Waals surface area contributed by atoms with Crippen LogP contribution in [0.3, 0.4) is 0 Å². The molecule has 3 atom stereocenters. The average Bonchev–Trinajstić information content (AvgIpc) is 2.96. The summed E-state index contributed by atoms with van der Waals surface area (Å²) in [4.78, 5) is 16.6. The van der Waals surface area contributed by atoms with E-state index in [4.69, 9.17) is 14.7 Å². The topological polar surface area (TPSA) is 84.2 Å². The molecule has 0 spiro atoms. The molecule has 1 aromatic heterocycles. The molecule has 1 aliphatic carbocycles. The Morgan fingerprint density at radius 2 is 1.79 bits per heavy atom. The van der Waals surface area contributed by atoms with Crippen LogP contribution >= 0.6 is 0 Å². The number of methoxy groups -OCH3 is 1. The van der Waals surface area contributed by atoms with Gasteiger partial charge in [0.25, 0.3) is 0 Å². The van der Waals surface area contributed by atoms with Crippen LogP contribution in [0.2, 0.25) is 0 Å². The number of amides is 1. The number of rotatable bonds is 10. The number of aromatic nitrogens is 1. The number of benzene rings is 2. The molecular weight excluding hydrogens is 500 g/mol. The van der Waals surface area contributed by atoms with E-state index in [2.05, 4.69) is 10.3 Å². The molecule has 1 amide bonds. The van der Waals surface area contributed by atoms with Gasteiger partial charge in [0.15, 0.2) is 0 Å². The first-order valence-corrected chi connectivity index (χ1v) is 12.6. The SMILES string of the molecule is CNC(=O)C(CC1C=CC=CC1Cc1ccc(-c2cccc(OCc3ccc(C#N)cc3F)n2)cc1F)OC. The van der Waals surface area contributed by atoms with E-state index < -0.39 is 11.9 Å². The van der Waals surface area contributed by atoms with Gasteiger partial charge in [0, 0.05) is 31.4 Å². The summed E-state index contributed by atoms with van der Waals surface area (Å²) in [7, 11) is 3.08. The first kappa shape index (κ1) is 27.7. The van der Waals surface area contributed by atoms with E-state index in [1.807, 2.05) is 36.4 Å². The van der Waals surface area contributed by atoms with Crippen LogP contribution in [0.15, 0.2) is 78.9 Å². The number of carbonyl (C=O) groups excluding carboxylic acids is 1. The van der Waals surface area contributed by atoms with Crippen molar-refractivity contribution in [3.63, 3.8) is 0 Å². The Morgan fingerprint density at radius 3 is 2.49 bits per heavy atom. The minimum atomic E-state index is -0.583. The number of halogens is 2. The van der Waals surface area contributed by atoms with Gasteiger partial charge >= 0.3 is 0 Å². The number of likely N-dealkylation sites (N-methyl/N-ethyl adjacent to an activating group) is 1. The fraction of sp³-hybridized carbons (Fsp3) is 0.258. The van der Waals surface area contributed by atoms with Crippen molar-refractivity contribution in [2.24, 2.45) is 11.8 Å². The second-order valence-corrected chi connectivity index (χ2v) is 9.25. The number of nitriles is 1. The number of allylic oxidation sites excluding steroid dienone is 4. The molecule has 0 aliphatic heterocycles. The van der Waals surface area contributed by atoms with Crippen molar-refractivity contribution in [2.45, 2.75) is 25.6 Å². The molecule has 0 saturated heterocycles. The molecule has 0 fully saturated rings. The van der Waals surface area contributed by atoms with Gasteiger partial charge in [-0.3, -0.25) is 4.79 Å². The van der Waals surface area contributed by atoms with Crippen LogP contribution in [0.5, 0.6) is 5.88 Å². The molecule has 200 valence electrons. The monoisotopic (exact) mass is 529 g/mol. The van der Waals surface area contributed by atoms with E-state index in [0.717, 1.165) is 6.07 Å². The van der Waals surface area contributed by atoms with Crippen LogP contribution < -0.4 is 10.1 Å².